The Labute approximate surface area is 167 Å². The number of nitrogens with zero attached hydrogens (tertiary/aromatic N) is 3. The summed E-state index contributed by atoms with van der Waals surface area (Å²) in [5.41, 5.74) is 1.13. The predicted octanol–water partition coefficient (Wildman–Crippen LogP) is 3.30. The molecule has 1 aliphatic heterocycles. The maximum atomic E-state index is 5.95. The van der Waals surface area contributed by atoms with E-state index in [2.05, 4.69) is 23.0 Å². The third kappa shape index (κ3) is 4.23. The summed E-state index contributed by atoms with van der Waals surface area (Å²) in [7, 11) is 1.72. The van der Waals surface area contributed by atoms with E-state index in [-0.39, 0.29) is 0 Å². The van der Waals surface area contributed by atoms with Gasteiger partial charge in [-0.3, -0.25) is 0 Å². The number of ether oxygens (including phenoxy) is 2. The summed E-state index contributed by atoms with van der Waals surface area (Å²) in [5.74, 6) is 3.40. The van der Waals surface area contributed by atoms with E-state index >= 15 is 0 Å². The van der Waals surface area contributed by atoms with Crippen LogP contribution in [-0.4, -0.2) is 47.2 Å². The Balaban J connectivity index is 1.55. The Morgan fingerprint density at radius 2 is 2.18 bits per heavy atom. The van der Waals surface area contributed by atoms with Crippen LogP contribution in [0.3, 0.4) is 0 Å². The Bertz CT molecular complexity index is 776. The molecular formula is C22H32N4O2. The molecule has 3 atom stereocenters. The minimum atomic E-state index is 0.366. The number of nitrogens with one attached hydrogen (secondary N) is 1. The molecule has 1 aromatic heterocycles. The second-order valence-corrected chi connectivity index (χ2v) is 7.93. The van der Waals surface area contributed by atoms with E-state index in [1.54, 1.807) is 7.11 Å². The van der Waals surface area contributed by atoms with Gasteiger partial charge in [-0.05, 0) is 31.7 Å². The molecule has 2 aromatic rings. The van der Waals surface area contributed by atoms with E-state index in [1.165, 1.54) is 0 Å². The molecule has 0 amide bonds. The van der Waals surface area contributed by atoms with Crippen molar-refractivity contribution in [3.63, 3.8) is 0 Å². The van der Waals surface area contributed by atoms with Gasteiger partial charge in [0.2, 0.25) is 0 Å². The molecule has 1 N–H and O–H groups in total. The highest BCUT2D eigenvalue weighted by Gasteiger charge is 2.35. The summed E-state index contributed by atoms with van der Waals surface area (Å²) in [6.07, 6.45) is 6.67. The molecule has 1 saturated carbocycles. The molecule has 0 bridgehead atoms. The van der Waals surface area contributed by atoms with Crippen LogP contribution < -0.4 is 10.1 Å². The molecule has 0 unspecified atom stereocenters. The molecule has 0 radical (unpaired) electrons. The van der Waals surface area contributed by atoms with Gasteiger partial charge in [-0.1, -0.05) is 31.5 Å². The number of para-hydroxylation sites is 1. The number of benzene rings is 1. The van der Waals surface area contributed by atoms with Crippen LogP contribution in [-0.2, 0) is 17.7 Å². The van der Waals surface area contributed by atoms with Gasteiger partial charge in [-0.15, -0.1) is 0 Å². The molecule has 152 valence electrons. The summed E-state index contributed by atoms with van der Waals surface area (Å²) >= 11 is 0. The van der Waals surface area contributed by atoms with Crippen molar-refractivity contribution in [3.05, 3.63) is 41.5 Å². The number of rotatable bonds is 7. The number of methoxy groups -OCH3 is 1. The fourth-order valence-electron chi connectivity index (χ4n) is 4.52. The number of aryl methyl sites for hydroxylation is 1. The maximum Gasteiger partial charge on any atom is 0.155 e. The van der Waals surface area contributed by atoms with Crippen LogP contribution in [0.25, 0.3) is 0 Å². The molecule has 6 nitrogen and oxygen atoms in total. The topological polar surface area (TPSA) is 61.2 Å². The molecule has 4 rings (SSSR count). The normalized spacial score (nSPS) is 24.7. The van der Waals surface area contributed by atoms with Crippen LogP contribution in [0, 0.1) is 0 Å². The van der Waals surface area contributed by atoms with Crippen molar-refractivity contribution in [1.29, 1.82) is 0 Å². The SMILES string of the molecule is CCCCn1nc(Cc2ccccc2OC)nc1[C@H]1CC[C@H]2OCCN[C@@H]2C1. The summed E-state index contributed by atoms with van der Waals surface area (Å²) in [6, 6.07) is 8.59. The highest BCUT2D eigenvalue weighted by Crippen LogP contribution is 2.35. The van der Waals surface area contributed by atoms with E-state index in [1.807, 2.05) is 18.2 Å². The van der Waals surface area contributed by atoms with Gasteiger partial charge in [0, 0.05) is 37.0 Å². The van der Waals surface area contributed by atoms with E-state index < -0.39 is 0 Å². The molecule has 6 heteroatoms. The highest BCUT2D eigenvalue weighted by atomic mass is 16.5. The molecule has 2 fully saturated rings. The smallest absolute Gasteiger partial charge is 0.155 e. The Kier molecular flexibility index (Phi) is 6.27. The number of fused-ring (bicyclic) bond motifs is 1. The number of morpholine rings is 1. The average Bonchev–Trinajstić information content (AvgIpc) is 3.14. The Hall–Kier alpha value is -1.92. The van der Waals surface area contributed by atoms with Gasteiger partial charge >= 0.3 is 0 Å². The van der Waals surface area contributed by atoms with Gasteiger partial charge in [0.05, 0.1) is 19.8 Å². The first-order chi connectivity index (χ1) is 13.8. The van der Waals surface area contributed by atoms with Gasteiger partial charge < -0.3 is 14.8 Å². The first-order valence-corrected chi connectivity index (χ1v) is 10.7. The average molecular weight is 385 g/mol. The lowest BCUT2D eigenvalue weighted by Crippen LogP contribution is -2.51. The van der Waals surface area contributed by atoms with Crippen LogP contribution in [0.4, 0.5) is 0 Å². The van der Waals surface area contributed by atoms with E-state index in [4.69, 9.17) is 19.6 Å². The Morgan fingerprint density at radius 3 is 3.04 bits per heavy atom. The zero-order valence-electron chi connectivity index (χ0n) is 17.1. The summed E-state index contributed by atoms with van der Waals surface area (Å²) < 4.78 is 13.6. The number of aromatic nitrogens is 3. The van der Waals surface area contributed by atoms with Crippen molar-refractivity contribution in [2.24, 2.45) is 0 Å². The second kappa shape index (κ2) is 9.05. The molecule has 1 saturated heterocycles. The predicted molar refractivity (Wildman–Crippen MR) is 109 cm³/mol. The van der Waals surface area contributed by atoms with Crippen LogP contribution >= 0.6 is 0 Å². The number of hydrogen-bond donors (Lipinski definition) is 1. The quantitative estimate of drug-likeness (QED) is 0.794. The van der Waals surface area contributed by atoms with Crippen LogP contribution in [0.5, 0.6) is 5.75 Å². The fraction of sp³-hybridized carbons (Fsp3) is 0.636. The van der Waals surface area contributed by atoms with E-state index in [9.17, 15) is 0 Å². The van der Waals surface area contributed by atoms with Gasteiger partial charge in [0.25, 0.3) is 0 Å². The van der Waals surface area contributed by atoms with E-state index in [0.29, 0.717) is 24.5 Å². The molecular weight excluding hydrogens is 352 g/mol. The molecule has 28 heavy (non-hydrogen) atoms. The monoisotopic (exact) mass is 384 g/mol. The zero-order chi connectivity index (χ0) is 19.3. The van der Waals surface area contributed by atoms with Gasteiger partial charge in [-0.25, -0.2) is 9.67 Å². The van der Waals surface area contributed by atoms with Gasteiger partial charge in [0.15, 0.2) is 5.82 Å². The Morgan fingerprint density at radius 1 is 1.29 bits per heavy atom. The first kappa shape index (κ1) is 19.4. The summed E-state index contributed by atoms with van der Waals surface area (Å²) in [5, 5.41) is 8.54. The number of hydrogen-bond acceptors (Lipinski definition) is 5. The van der Waals surface area contributed by atoms with Crippen molar-refractivity contribution >= 4 is 0 Å². The van der Waals surface area contributed by atoms with Crippen molar-refractivity contribution in [2.45, 2.75) is 70.1 Å². The second-order valence-electron chi connectivity index (χ2n) is 7.93. The lowest BCUT2D eigenvalue weighted by molar-refractivity contribution is -0.0282. The summed E-state index contributed by atoms with van der Waals surface area (Å²) in [6.45, 7) is 4.96. The van der Waals surface area contributed by atoms with Crippen molar-refractivity contribution in [3.8, 4) is 5.75 Å². The fourth-order valence-corrected chi connectivity index (χ4v) is 4.52. The van der Waals surface area contributed by atoms with Crippen molar-refractivity contribution < 1.29 is 9.47 Å². The molecule has 1 aromatic carbocycles. The molecule has 2 heterocycles. The van der Waals surface area contributed by atoms with Crippen LogP contribution in [0.15, 0.2) is 24.3 Å². The minimum absolute atomic E-state index is 0.366. The van der Waals surface area contributed by atoms with Crippen molar-refractivity contribution in [2.75, 3.05) is 20.3 Å². The van der Waals surface area contributed by atoms with Crippen molar-refractivity contribution in [1.82, 2.24) is 20.1 Å². The van der Waals surface area contributed by atoms with Gasteiger partial charge in [-0.2, -0.15) is 5.10 Å². The molecule has 0 spiro atoms. The lowest BCUT2D eigenvalue weighted by Gasteiger charge is -2.39. The van der Waals surface area contributed by atoms with Crippen LogP contribution in [0.2, 0.25) is 0 Å². The lowest BCUT2D eigenvalue weighted by atomic mass is 9.82. The minimum Gasteiger partial charge on any atom is -0.496 e. The van der Waals surface area contributed by atoms with E-state index in [0.717, 1.165) is 74.8 Å². The zero-order valence-corrected chi connectivity index (χ0v) is 17.1. The third-order valence-electron chi connectivity index (χ3n) is 6.00. The number of unbranched alkanes of at least 4 members (excludes halogenated alkanes) is 1. The standard InChI is InChI=1S/C22H32N4O2/c1-3-4-12-26-22(17-9-10-20-18(14-17)23-11-13-28-20)24-21(25-26)15-16-7-5-6-8-19(16)27-2/h5-8,17-18,20,23H,3-4,9-15H2,1-2H3/t17-,18+,20+/m0/s1. The third-order valence-corrected chi connectivity index (χ3v) is 6.00. The highest BCUT2D eigenvalue weighted by molar-refractivity contribution is 5.35. The first-order valence-electron chi connectivity index (χ1n) is 10.7. The van der Waals surface area contributed by atoms with Crippen LogP contribution in [0.1, 0.15) is 62.2 Å². The molecule has 2 aliphatic rings. The largest absolute Gasteiger partial charge is 0.496 e. The maximum absolute atomic E-state index is 5.95. The molecule has 1 aliphatic carbocycles. The van der Waals surface area contributed by atoms with Gasteiger partial charge in [0.1, 0.15) is 11.6 Å². The summed E-state index contributed by atoms with van der Waals surface area (Å²) in [4.78, 5) is 5.02.